The van der Waals surface area contributed by atoms with Crippen molar-refractivity contribution in [1.82, 2.24) is 10.3 Å². The van der Waals surface area contributed by atoms with E-state index in [-0.39, 0.29) is 6.08 Å². The maximum absolute atomic E-state index is 5.65. The third kappa shape index (κ3) is 2.90. The Kier molecular flexibility index (Phi) is 3.99. The topological polar surface area (TPSA) is 47.3 Å². The highest BCUT2D eigenvalue weighted by Gasteiger charge is 2.08. The Morgan fingerprint density at radius 1 is 1.33 bits per heavy atom. The normalized spacial score (nSPS) is 10.6. The third-order valence-electron chi connectivity index (χ3n) is 2.84. The number of oxazole rings is 1. The second-order valence-electron chi connectivity index (χ2n) is 4.19. The molecule has 1 heterocycles. The smallest absolute Gasteiger partial charge is 0.399 e. The molecule has 0 fully saturated rings. The van der Waals surface area contributed by atoms with Crippen molar-refractivity contribution in [1.29, 1.82) is 0 Å². The van der Waals surface area contributed by atoms with Gasteiger partial charge in [0.25, 0.3) is 0 Å². The standard InChI is InChI=1S/C14H18N2O2/c1-4-15-8-12-9-17-14(16-12)18-13-7-5-6-10(2)11(13)3/h5-7,9,15H,4,8H2,1-3H3. The number of nitrogens with one attached hydrogen (secondary N) is 1. The number of hydrogen-bond acceptors (Lipinski definition) is 4. The Hall–Kier alpha value is -1.81. The molecule has 0 radical (unpaired) electrons. The van der Waals surface area contributed by atoms with E-state index < -0.39 is 0 Å². The lowest BCUT2D eigenvalue weighted by Gasteiger charge is -2.06. The lowest BCUT2D eigenvalue weighted by atomic mass is 10.1. The molecule has 0 saturated carbocycles. The number of ether oxygens (including phenoxy) is 1. The Labute approximate surface area is 107 Å². The van der Waals surface area contributed by atoms with Crippen molar-refractivity contribution in [3.8, 4) is 11.8 Å². The summed E-state index contributed by atoms with van der Waals surface area (Å²) >= 11 is 0. The third-order valence-corrected chi connectivity index (χ3v) is 2.84. The minimum atomic E-state index is 0.289. The maximum atomic E-state index is 5.65. The fraction of sp³-hybridized carbons (Fsp3) is 0.357. The van der Waals surface area contributed by atoms with Crippen LogP contribution in [0.1, 0.15) is 23.7 Å². The van der Waals surface area contributed by atoms with Crippen LogP contribution in [0.25, 0.3) is 0 Å². The number of aryl methyl sites for hydroxylation is 1. The van der Waals surface area contributed by atoms with Crippen molar-refractivity contribution in [3.05, 3.63) is 41.3 Å². The number of aromatic nitrogens is 1. The fourth-order valence-electron chi connectivity index (χ4n) is 1.60. The van der Waals surface area contributed by atoms with Gasteiger partial charge in [0.1, 0.15) is 12.0 Å². The predicted molar refractivity (Wildman–Crippen MR) is 69.9 cm³/mol. The average Bonchev–Trinajstić information content (AvgIpc) is 2.80. The summed E-state index contributed by atoms with van der Waals surface area (Å²) in [6.45, 7) is 7.71. The number of rotatable bonds is 5. The van der Waals surface area contributed by atoms with Crippen LogP contribution < -0.4 is 10.1 Å². The van der Waals surface area contributed by atoms with Crippen molar-refractivity contribution in [3.63, 3.8) is 0 Å². The quantitative estimate of drug-likeness (QED) is 0.880. The fourth-order valence-corrected chi connectivity index (χ4v) is 1.60. The van der Waals surface area contributed by atoms with Gasteiger partial charge in [-0.3, -0.25) is 0 Å². The Balaban J connectivity index is 2.09. The van der Waals surface area contributed by atoms with Crippen LogP contribution in [-0.2, 0) is 6.54 Å². The van der Waals surface area contributed by atoms with Gasteiger partial charge in [0.15, 0.2) is 0 Å². The SMILES string of the molecule is CCNCc1coc(Oc2cccc(C)c2C)n1. The molecule has 0 aliphatic carbocycles. The Bertz CT molecular complexity index is 520. The molecular formula is C14H18N2O2. The molecule has 0 aliphatic rings. The van der Waals surface area contributed by atoms with Gasteiger partial charge in [0, 0.05) is 6.54 Å². The molecule has 1 aromatic carbocycles. The summed E-state index contributed by atoms with van der Waals surface area (Å²) in [5, 5.41) is 3.18. The molecule has 0 aliphatic heterocycles. The van der Waals surface area contributed by atoms with Gasteiger partial charge in [0.2, 0.25) is 0 Å². The highest BCUT2D eigenvalue weighted by Crippen LogP contribution is 2.26. The first-order valence-electron chi connectivity index (χ1n) is 6.10. The second kappa shape index (κ2) is 5.69. The summed E-state index contributed by atoms with van der Waals surface area (Å²) in [5.41, 5.74) is 3.13. The van der Waals surface area contributed by atoms with Crippen LogP contribution in [0.15, 0.2) is 28.9 Å². The molecule has 4 heteroatoms. The van der Waals surface area contributed by atoms with E-state index in [1.54, 1.807) is 6.26 Å². The van der Waals surface area contributed by atoms with Gasteiger partial charge in [-0.1, -0.05) is 19.1 Å². The van der Waals surface area contributed by atoms with Gasteiger partial charge in [-0.05, 0) is 37.6 Å². The summed E-state index contributed by atoms with van der Waals surface area (Å²) in [6, 6.07) is 5.92. The first-order chi connectivity index (χ1) is 8.70. The van der Waals surface area contributed by atoms with Crippen LogP contribution in [0, 0.1) is 13.8 Å². The zero-order valence-electron chi connectivity index (χ0n) is 11.0. The van der Waals surface area contributed by atoms with E-state index in [0.29, 0.717) is 6.54 Å². The van der Waals surface area contributed by atoms with Crippen molar-refractivity contribution in [2.45, 2.75) is 27.3 Å². The van der Waals surface area contributed by atoms with E-state index in [2.05, 4.69) is 10.3 Å². The summed E-state index contributed by atoms with van der Waals surface area (Å²) < 4.78 is 10.9. The molecule has 2 rings (SSSR count). The minimum Gasteiger partial charge on any atom is -0.417 e. The van der Waals surface area contributed by atoms with E-state index in [9.17, 15) is 0 Å². The van der Waals surface area contributed by atoms with Crippen LogP contribution in [0.2, 0.25) is 0 Å². The van der Waals surface area contributed by atoms with E-state index in [4.69, 9.17) is 9.15 Å². The van der Waals surface area contributed by atoms with Crippen molar-refractivity contribution >= 4 is 0 Å². The molecule has 0 atom stereocenters. The van der Waals surface area contributed by atoms with E-state index in [1.165, 1.54) is 5.56 Å². The van der Waals surface area contributed by atoms with Gasteiger partial charge in [-0.15, -0.1) is 0 Å². The number of nitrogens with zero attached hydrogens (tertiary/aromatic N) is 1. The van der Waals surface area contributed by atoms with Gasteiger partial charge < -0.3 is 14.5 Å². The molecule has 1 N–H and O–H groups in total. The van der Waals surface area contributed by atoms with Crippen LogP contribution in [0.5, 0.6) is 11.8 Å². The monoisotopic (exact) mass is 246 g/mol. The molecule has 0 amide bonds. The maximum Gasteiger partial charge on any atom is 0.399 e. The molecule has 0 saturated heterocycles. The Morgan fingerprint density at radius 3 is 2.94 bits per heavy atom. The van der Waals surface area contributed by atoms with Crippen LogP contribution >= 0.6 is 0 Å². The largest absolute Gasteiger partial charge is 0.417 e. The first kappa shape index (κ1) is 12.6. The minimum absolute atomic E-state index is 0.289. The van der Waals surface area contributed by atoms with Crippen LogP contribution in [0.4, 0.5) is 0 Å². The highest BCUT2D eigenvalue weighted by atomic mass is 16.6. The number of benzene rings is 1. The summed E-state index contributed by atoms with van der Waals surface area (Å²) in [7, 11) is 0. The lowest BCUT2D eigenvalue weighted by molar-refractivity contribution is 0.329. The van der Waals surface area contributed by atoms with Gasteiger partial charge in [-0.25, -0.2) is 0 Å². The lowest BCUT2D eigenvalue weighted by Crippen LogP contribution is -2.11. The zero-order chi connectivity index (χ0) is 13.0. The molecule has 0 unspecified atom stereocenters. The highest BCUT2D eigenvalue weighted by molar-refractivity contribution is 5.39. The second-order valence-corrected chi connectivity index (χ2v) is 4.19. The van der Waals surface area contributed by atoms with E-state index >= 15 is 0 Å². The zero-order valence-corrected chi connectivity index (χ0v) is 11.0. The predicted octanol–water partition coefficient (Wildman–Crippen LogP) is 3.19. The summed E-state index contributed by atoms with van der Waals surface area (Å²) in [4.78, 5) is 4.26. The van der Waals surface area contributed by atoms with Crippen molar-refractivity contribution in [2.24, 2.45) is 0 Å². The molecule has 18 heavy (non-hydrogen) atoms. The summed E-state index contributed by atoms with van der Waals surface area (Å²) in [5.74, 6) is 0.784. The average molecular weight is 246 g/mol. The van der Waals surface area contributed by atoms with Crippen molar-refractivity contribution < 1.29 is 9.15 Å². The summed E-state index contributed by atoms with van der Waals surface area (Å²) in [6.07, 6.45) is 1.90. The number of hydrogen-bond donors (Lipinski definition) is 1. The molecule has 1 aromatic heterocycles. The van der Waals surface area contributed by atoms with E-state index in [1.807, 2.05) is 39.0 Å². The first-order valence-corrected chi connectivity index (χ1v) is 6.10. The molecule has 0 spiro atoms. The Morgan fingerprint density at radius 2 is 2.17 bits per heavy atom. The van der Waals surface area contributed by atoms with Crippen LogP contribution in [0.3, 0.4) is 0 Å². The molecule has 0 bridgehead atoms. The van der Waals surface area contributed by atoms with Crippen molar-refractivity contribution in [2.75, 3.05) is 6.54 Å². The molecule has 4 nitrogen and oxygen atoms in total. The molecule has 96 valence electrons. The van der Waals surface area contributed by atoms with Crippen LogP contribution in [-0.4, -0.2) is 11.5 Å². The van der Waals surface area contributed by atoms with Gasteiger partial charge >= 0.3 is 6.08 Å². The van der Waals surface area contributed by atoms with Gasteiger partial charge in [0.05, 0.1) is 5.69 Å². The van der Waals surface area contributed by atoms with E-state index in [0.717, 1.165) is 23.6 Å². The van der Waals surface area contributed by atoms with Gasteiger partial charge in [-0.2, -0.15) is 4.98 Å². The molecular weight excluding hydrogens is 228 g/mol. The molecule has 2 aromatic rings.